The van der Waals surface area contributed by atoms with Crippen LogP contribution in [0.15, 0.2) is 48.5 Å². The highest BCUT2D eigenvalue weighted by atomic mass is 32.2. The van der Waals surface area contributed by atoms with Crippen LogP contribution in [0.5, 0.6) is 5.75 Å². The van der Waals surface area contributed by atoms with Crippen LogP contribution in [-0.2, 0) is 56.1 Å². The van der Waals surface area contributed by atoms with Crippen molar-refractivity contribution in [1.29, 1.82) is 0 Å². The van der Waals surface area contributed by atoms with Gasteiger partial charge in [0.2, 0.25) is 47.0 Å². The van der Waals surface area contributed by atoms with Crippen LogP contribution in [0, 0.1) is 11.7 Å². The molecular formula is C41H55FN8O10S. The Bertz CT molecular complexity index is 1900. The van der Waals surface area contributed by atoms with Gasteiger partial charge in [-0.05, 0) is 66.8 Å². The van der Waals surface area contributed by atoms with Crippen molar-refractivity contribution >= 4 is 64.6 Å². The molecule has 3 rings (SSSR count). The van der Waals surface area contributed by atoms with Gasteiger partial charge in [0.25, 0.3) is 0 Å². The molecule has 20 heteroatoms. The summed E-state index contributed by atoms with van der Waals surface area (Å²) >= 11 is 1.22. The summed E-state index contributed by atoms with van der Waals surface area (Å²) < 4.78 is 13.7. The van der Waals surface area contributed by atoms with Crippen molar-refractivity contribution in [1.82, 2.24) is 31.7 Å². The zero-order valence-corrected chi connectivity index (χ0v) is 35.2. The highest BCUT2D eigenvalue weighted by Gasteiger charge is 2.37. The Balaban J connectivity index is 2.06. The first-order valence-corrected chi connectivity index (χ1v) is 21.0. The first-order chi connectivity index (χ1) is 28.9. The third-order valence-electron chi connectivity index (χ3n) is 9.82. The van der Waals surface area contributed by atoms with E-state index in [0.29, 0.717) is 23.3 Å². The van der Waals surface area contributed by atoms with Crippen molar-refractivity contribution < 1.29 is 52.6 Å². The SMILES string of the molecule is CC[C@H](C)[C@@H]1NC(=O)[C@H](Cc2ccc(O)cc2)NC(=O)CCCSC[C@@H](C(=O)N(CC(C)=O)Cc2ccc(F)cc2)NN[C@@H](CC(N)=O)C(=O)C(=O)[C@H](CCC(N)=O)NC1=O. The fourth-order valence-corrected chi connectivity index (χ4v) is 7.27. The van der Waals surface area contributed by atoms with Gasteiger partial charge < -0.3 is 37.4 Å². The Morgan fingerprint density at radius 3 is 2.10 bits per heavy atom. The number of carbonyl (C=O) groups excluding carboxylic acids is 9. The number of Topliss-reactive ketones (excluding diaryl/α,β-unsaturated/α-hetero) is 3. The Hall–Kier alpha value is -5.73. The number of thioether (sulfide) groups is 1. The van der Waals surface area contributed by atoms with Gasteiger partial charge in [0.1, 0.15) is 35.5 Å². The molecule has 0 spiro atoms. The molecule has 6 amide bonds. The lowest BCUT2D eigenvalue weighted by Crippen LogP contribution is -2.61. The summed E-state index contributed by atoms with van der Waals surface area (Å²) in [5.41, 5.74) is 17.2. The largest absolute Gasteiger partial charge is 0.508 e. The van der Waals surface area contributed by atoms with E-state index in [1.165, 1.54) is 60.0 Å². The first-order valence-electron chi connectivity index (χ1n) is 19.8. The Kier molecular flexibility index (Phi) is 19.9. The quantitative estimate of drug-likeness (QED) is 0.115. The smallest absolute Gasteiger partial charge is 0.243 e. The molecule has 6 atom stereocenters. The Morgan fingerprint density at radius 2 is 1.49 bits per heavy atom. The van der Waals surface area contributed by atoms with Crippen molar-refractivity contribution in [3.8, 4) is 5.75 Å². The van der Waals surface area contributed by atoms with Gasteiger partial charge in [0.05, 0.1) is 25.0 Å². The molecule has 0 radical (unpaired) electrons. The highest BCUT2D eigenvalue weighted by molar-refractivity contribution is 7.99. The zero-order valence-electron chi connectivity index (χ0n) is 34.4. The van der Waals surface area contributed by atoms with Crippen LogP contribution in [0.3, 0.4) is 0 Å². The summed E-state index contributed by atoms with van der Waals surface area (Å²) in [4.78, 5) is 121. The van der Waals surface area contributed by atoms with Gasteiger partial charge >= 0.3 is 0 Å². The summed E-state index contributed by atoms with van der Waals surface area (Å²) in [7, 11) is 0. The number of nitrogens with zero attached hydrogens (tertiary/aromatic N) is 1. The van der Waals surface area contributed by atoms with Crippen molar-refractivity contribution in [2.75, 3.05) is 18.1 Å². The molecule has 1 heterocycles. The van der Waals surface area contributed by atoms with Crippen LogP contribution in [0.25, 0.3) is 0 Å². The Morgan fingerprint density at radius 1 is 0.852 bits per heavy atom. The van der Waals surface area contributed by atoms with E-state index in [4.69, 9.17) is 11.5 Å². The van der Waals surface area contributed by atoms with Crippen molar-refractivity contribution in [2.24, 2.45) is 17.4 Å². The Labute approximate surface area is 357 Å². The van der Waals surface area contributed by atoms with E-state index in [-0.39, 0.29) is 49.6 Å². The average Bonchev–Trinajstić information content (AvgIpc) is 3.21. The minimum absolute atomic E-state index is 0.0197. The number of phenolic OH excluding ortho intramolecular Hbond substituents is 1. The molecule has 0 saturated carbocycles. The van der Waals surface area contributed by atoms with E-state index in [1.807, 2.05) is 0 Å². The minimum Gasteiger partial charge on any atom is -0.508 e. The second kappa shape index (κ2) is 24.5. The number of hydrogen-bond donors (Lipinski definition) is 8. The predicted molar refractivity (Wildman–Crippen MR) is 222 cm³/mol. The third kappa shape index (κ3) is 16.7. The lowest BCUT2D eigenvalue weighted by molar-refractivity contribution is -0.142. The fraction of sp³-hybridized carbons (Fsp3) is 0.488. The molecule has 0 aliphatic carbocycles. The summed E-state index contributed by atoms with van der Waals surface area (Å²) in [5, 5.41) is 17.7. The lowest BCUT2D eigenvalue weighted by Gasteiger charge is -2.30. The van der Waals surface area contributed by atoms with Crippen molar-refractivity contribution in [3.05, 3.63) is 65.5 Å². The van der Waals surface area contributed by atoms with Crippen LogP contribution in [0.4, 0.5) is 4.39 Å². The second-order valence-electron chi connectivity index (χ2n) is 14.9. The molecule has 1 saturated heterocycles. The van der Waals surface area contributed by atoms with Gasteiger partial charge in [-0.3, -0.25) is 43.2 Å². The number of halogens is 1. The molecule has 2 aromatic carbocycles. The molecule has 1 fully saturated rings. The van der Waals surface area contributed by atoms with E-state index in [1.54, 1.807) is 26.0 Å². The lowest BCUT2D eigenvalue weighted by atomic mass is 9.94. The zero-order chi connectivity index (χ0) is 45.2. The number of nitrogens with one attached hydrogen (secondary N) is 5. The van der Waals surface area contributed by atoms with Crippen LogP contribution in [-0.4, -0.2) is 111 Å². The summed E-state index contributed by atoms with van der Waals surface area (Å²) in [6, 6.07) is 4.11. The van der Waals surface area contributed by atoms with Gasteiger partial charge in [-0.25, -0.2) is 15.2 Å². The summed E-state index contributed by atoms with van der Waals surface area (Å²) in [6.45, 7) is 4.23. The van der Waals surface area contributed by atoms with Gasteiger partial charge in [0.15, 0.2) is 0 Å². The number of aromatic hydroxyl groups is 1. The van der Waals surface area contributed by atoms with Crippen LogP contribution < -0.4 is 38.3 Å². The molecule has 1 aliphatic rings. The van der Waals surface area contributed by atoms with Crippen LogP contribution in [0.1, 0.15) is 70.4 Å². The van der Waals surface area contributed by atoms with E-state index in [9.17, 15) is 52.6 Å². The van der Waals surface area contributed by atoms with E-state index in [0.717, 1.165) is 0 Å². The standard InChI is InChI=1S/C41H55FN8O10S/c1-4-23(2)36-40(59)46-29(15-16-33(43)53)37(56)38(57)30(19-34(44)54)48-49-32(41(60)50(20-24(3)51)21-26-7-11-27(42)12-8-26)22-61-17-5-6-35(55)45-31(39(58)47-36)18-25-9-13-28(52)14-10-25/h7-14,23,29-32,36,48-49,52H,4-6,15-22H2,1-3H3,(H2,43,53)(H2,44,54)(H,45,55)(H,46,59)(H,47,58)/t23-,29-,30-,31-,32-,36-/m0/s1. The maximum atomic E-state index is 14.1. The highest BCUT2D eigenvalue weighted by Crippen LogP contribution is 2.16. The fourth-order valence-electron chi connectivity index (χ4n) is 6.29. The molecule has 0 unspecified atom stereocenters. The first kappa shape index (κ1) is 49.6. The van der Waals surface area contributed by atoms with Gasteiger partial charge in [-0.15, -0.1) is 0 Å². The number of phenols is 1. The van der Waals surface area contributed by atoms with E-state index < -0.39 is 108 Å². The number of ketones is 3. The second-order valence-corrected chi connectivity index (χ2v) is 16.1. The number of carbonyl (C=O) groups is 9. The number of primary amides is 2. The number of rotatable bonds is 14. The molecule has 61 heavy (non-hydrogen) atoms. The summed E-state index contributed by atoms with van der Waals surface area (Å²) in [6.07, 6.45) is -1.10. The van der Waals surface area contributed by atoms with Crippen molar-refractivity contribution in [2.45, 2.75) is 102 Å². The summed E-state index contributed by atoms with van der Waals surface area (Å²) in [5.74, 6) is -8.34. The maximum Gasteiger partial charge on any atom is 0.243 e. The predicted octanol–water partition coefficient (Wildman–Crippen LogP) is -0.170. The van der Waals surface area contributed by atoms with E-state index in [2.05, 4.69) is 26.8 Å². The molecule has 332 valence electrons. The number of benzene rings is 2. The van der Waals surface area contributed by atoms with Gasteiger partial charge in [-0.1, -0.05) is 44.5 Å². The van der Waals surface area contributed by atoms with Crippen LogP contribution >= 0.6 is 11.8 Å². The molecule has 1 aliphatic heterocycles. The average molecular weight is 871 g/mol. The molecular weight excluding hydrogens is 816 g/mol. The van der Waals surface area contributed by atoms with Gasteiger partial charge in [-0.2, -0.15) is 11.8 Å². The molecule has 18 nitrogen and oxygen atoms in total. The number of nitrogens with two attached hydrogens (primary N) is 2. The van der Waals surface area contributed by atoms with Gasteiger partial charge in [0, 0.05) is 31.6 Å². The number of amides is 6. The molecule has 0 aromatic heterocycles. The monoisotopic (exact) mass is 870 g/mol. The third-order valence-corrected chi connectivity index (χ3v) is 11.0. The number of hydrogen-bond acceptors (Lipinski definition) is 13. The topological polar surface area (TPSA) is 289 Å². The minimum atomic E-state index is -1.70. The number of hydrazine groups is 1. The van der Waals surface area contributed by atoms with Crippen LogP contribution in [0.2, 0.25) is 0 Å². The molecule has 0 bridgehead atoms. The van der Waals surface area contributed by atoms with Crippen molar-refractivity contribution in [3.63, 3.8) is 0 Å². The molecule has 10 N–H and O–H groups in total. The van der Waals surface area contributed by atoms with E-state index >= 15 is 0 Å². The molecule has 2 aromatic rings. The normalized spacial score (nSPS) is 21.9. The maximum absolute atomic E-state index is 14.1.